The molecule has 1 rings (SSSR count). The topological polar surface area (TPSA) is 47.6 Å². The lowest BCUT2D eigenvalue weighted by Gasteiger charge is -2.19. The van der Waals surface area contributed by atoms with Gasteiger partial charge in [0.1, 0.15) is 5.75 Å². The van der Waals surface area contributed by atoms with Gasteiger partial charge >= 0.3 is 6.09 Å². The molecule has 0 saturated carbocycles. The molecule has 0 aliphatic heterocycles. The minimum absolute atomic E-state index is 0.376. The predicted octanol–water partition coefficient (Wildman–Crippen LogP) is 3.24. The first-order chi connectivity index (χ1) is 8.43. The van der Waals surface area contributed by atoms with Crippen LogP contribution in [0.3, 0.4) is 0 Å². The van der Waals surface area contributed by atoms with Gasteiger partial charge in [-0.2, -0.15) is 0 Å². The van der Waals surface area contributed by atoms with Crippen LogP contribution >= 0.6 is 15.9 Å². The van der Waals surface area contributed by atoms with E-state index in [1.165, 1.54) is 7.11 Å². The van der Waals surface area contributed by atoms with E-state index in [9.17, 15) is 4.79 Å². The number of halogens is 1. The van der Waals surface area contributed by atoms with Gasteiger partial charge in [-0.3, -0.25) is 0 Å². The van der Waals surface area contributed by atoms with E-state index in [0.29, 0.717) is 6.54 Å². The largest absolute Gasteiger partial charge is 0.496 e. The lowest BCUT2D eigenvalue weighted by Crippen LogP contribution is -2.23. The van der Waals surface area contributed by atoms with Gasteiger partial charge in [0.15, 0.2) is 0 Å². The Hall–Kier alpha value is -1.23. The number of carbonyl (C=O) groups is 1. The molecule has 0 aliphatic rings. The summed E-state index contributed by atoms with van der Waals surface area (Å²) in [5, 5.41) is 2.68. The maximum Gasteiger partial charge on any atom is 0.407 e. The summed E-state index contributed by atoms with van der Waals surface area (Å²) in [4.78, 5) is 11.1. The minimum Gasteiger partial charge on any atom is -0.496 e. The second-order valence-corrected chi connectivity index (χ2v) is 4.84. The number of carbonyl (C=O) groups excluding carboxylic acids is 1. The highest BCUT2D eigenvalue weighted by Gasteiger charge is 2.17. The Kier molecular flexibility index (Phi) is 5.02. The van der Waals surface area contributed by atoms with Crippen LogP contribution in [-0.2, 0) is 11.3 Å². The van der Waals surface area contributed by atoms with Gasteiger partial charge in [0.05, 0.1) is 20.8 Å². The third-order valence-electron chi connectivity index (χ3n) is 3.09. The fraction of sp³-hybridized carbons (Fsp3) is 0.462. The first-order valence-electron chi connectivity index (χ1n) is 5.57. The number of alkyl carbamates (subject to hydrolysis) is 1. The number of amides is 1. The van der Waals surface area contributed by atoms with E-state index < -0.39 is 6.09 Å². The average Bonchev–Trinajstić information content (AvgIpc) is 2.38. The third kappa shape index (κ3) is 2.77. The summed E-state index contributed by atoms with van der Waals surface area (Å²) >= 11 is 3.57. The lowest BCUT2D eigenvalue weighted by molar-refractivity contribution is 0.170. The lowest BCUT2D eigenvalue weighted by atomic mass is 9.99. The molecule has 1 N–H and O–H groups in total. The molecule has 0 radical (unpaired) electrons. The Morgan fingerprint density at radius 1 is 1.17 bits per heavy atom. The first kappa shape index (κ1) is 14.8. The van der Waals surface area contributed by atoms with Gasteiger partial charge in [-0.15, -0.1) is 0 Å². The van der Waals surface area contributed by atoms with E-state index in [0.717, 1.165) is 32.5 Å². The van der Waals surface area contributed by atoms with Crippen LogP contribution < -0.4 is 10.1 Å². The molecule has 0 fully saturated rings. The smallest absolute Gasteiger partial charge is 0.407 e. The molecule has 0 atom stereocenters. The Bertz CT molecular complexity index is 472. The molecule has 0 aromatic heterocycles. The summed E-state index contributed by atoms with van der Waals surface area (Å²) in [5.41, 5.74) is 4.23. The van der Waals surface area contributed by atoms with E-state index in [1.807, 2.05) is 20.8 Å². The Morgan fingerprint density at radius 3 is 2.28 bits per heavy atom. The van der Waals surface area contributed by atoms with Crippen LogP contribution in [0.5, 0.6) is 5.75 Å². The summed E-state index contributed by atoms with van der Waals surface area (Å²) in [6.45, 7) is 6.40. The molecule has 4 nitrogen and oxygen atoms in total. The van der Waals surface area contributed by atoms with Crippen molar-refractivity contribution in [3.8, 4) is 5.75 Å². The summed E-state index contributed by atoms with van der Waals surface area (Å²) in [6.07, 6.45) is -0.453. The number of rotatable bonds is 3. The van der Waals surface area contributed by atoms with Gasteiger partial charge in [0.25, 0.3) is 0 Å². The van der Waals surface area contributed by atoms with Gasteiger partial charge in [0.2, 0.25) is 0 Å². The fourth-order valence-corrected chi connectivity index (χ4v) is 2.40. The third-order valence-corrected chi connectivity index (χ3v) is 4.28. The van der Waals surface area contributed by atoms with Crippen molar-refractivity contribution < 1.29 is 14.3 Å². The number of hydrogen-bond acceptors (Lipinski definition) is 3. The van der Waals surface area contributed by atoms with Crippen LogP contribution in [0.15, 0.2) is 4.47 Å². The molecule has 1 amide bonds. The van der Waals surface area contributed by atoms with Crippen LogP contribution in [-0.4, -0.2) is 20.3 Å². The number of hydrogen-bond donors (Lipinski definition) is 1. The maximum absolute atomic E-state index is 11.1. The van der Waals surface area contributed by atoms with E-state index in [-0.39, 0.29) is 0 Å². The summed E-state index contributed by atoms with van der Waals surface area (Å²) in [7, 11) is 2.98. The van der Waals surface area contributed by atoms with Gasteiger partial charge in [-0.25, -0.2) is 4.79 Å². The van der Waals surface area contributed by atoms with Crippen LogP contribution in [0, 0.1) is 20.8 Å². The number of benzene rings is 1. The van der Waals surface area contributed by atoms with Gasteiger partial charge in [0, 0.05) is 10.0 Å². The molecule has 5 heteroatoms. The average molecular weight is 316 g/mol. The predicted molar refractivity (Wildman–Crippen MR) is 74.1 cm³/mol. The van der Waals surface area contributed by atoms with E-state index in [4.69, 9.17) is 4.74 Å². The highest BCUT2D eigenvalue weighted by atomic mass is 79.9. The van der Waals surface area contributed by atoms with Crippen LogP contribution in [0.4, 0.5) is 4.79 Å². The van der Waals surface area contributed by atoms with Crippen molar-refractivity contribution in [2.24, 2.45) is 0 Å². The van der Waals surface area contributed by atoms with Crippen molar-refractivity contribution in [2.45, 2.75) is 27.3 Å². The quantitative estimate of drug-likeness (QED) is 0.931. The zero-order valence-electron chi connectivity index (χ0n) is 11.3. The molecule has 0 unspecified atom stereocenters. The molecule has 1 aromatic rings. The SMILES string of the molecule is COC(=O)NCc1c(C)c(Br)c(C)c(C)c1OC. The Labute approximate surface area is 116 Å². The van der Waals surface area contributed by atoms with Gasteiger partial charge < -0.3 is 14.8 Å². The molecule has 0 saturated heterocycles. The monoisotopic (exact) mass is 315 g/mol. The van der Waals surface area contributed by atoms with E-state index >= 15 is 0 Å². The highest BCUT2D eigenvalue weighted by Crippen LogP contribution is 2.35. The standard InChI is InChI=1S/C13H18BrNO3/c1-7-8(2)12(17-4)10(9(3)11(7)14)6-15-13(16)18-5/h6H2,1-5H3,(H,15,16). The second-order valence-electron chi connectivity index (χ2n) is 4.05. The molecule has 0 aliphatic carbocycles. The fourth-order valence-electron chi connectivity index (χ4n) is 1.87. The molecule has 0 bridgehead atoms. The van der Waals surface area contributed by atoms with Gasteiger partial charge in [-0.1, -0.05) is 15.9 Å². The van der Waals surface area contributed by atoms with Crippen molar-refractivity contribution in [3.63, 3.8) is 0 Å². The van der Waals surface area contributed by atoms with Crippen molar-refractivity contribution in [1.29, 1.82) is 0 Å². The molecule has 0 heterocycles. The number of ether oxygens (including phenoxy) is 2. The molecular formula is C13H18BrNO3. The van der Waals surface area contributed by atoms with E-state index in [2.05, 4.69) is 26.0 Å². The van der Waals surface area contributed by atoms with Gasteiger partial charge in [-0.05, 0) is 37.5 Å². The summed E-state index contributed by atoms with van der Waals surface area (Å²) < 4.78 is 11.1. The maximum atomic E-state index is 11.1. The molecule has 18 heavy (non-hydrogen) atoms. The van der Waals surface area contributed by atoms with Crippen molar-refractivity contribution in [1.82, 2.24) is 5.32 Å². The summed E-state index contributed by atoms with van der Waals surface area (Å²) in [6, 6.07) is 0. The summed E-state index contributed by atoms with van der Waals surface area (Å²) in [5.74, 6) is 0.810. The molecule has 0 spiro atoms. The number of methoxy groups -OCH3 is 2. The van der Waals surface area contributed by atoms with Crippen LogP contribution in [0.2, 0.25) is 0 Å². The minimum atomic E-state index is -0.453. The highest BCUT2D eigenvalue weighted by molar-refractivity contribution is 9.10. The van der Waals surface area contributed by atoms with Crippen molar-refractivity contribution in [2.75, 3.05) is 14.2 Å². The molecular weight excluding hydrogens is 298 g/mol. The first-order valence-corrected chi connectivity index (χ1v) is 6.37. The Balaban J connectivity index is 3.20. The number of nitrogens with one attached hydrogen (secondary N) is 1. The zero-order valence-corrected chi connectivity index (χ0v) is 12.9. The zero-order chi connectivity index (χ0) is 13.9. The van der Waals surface area contributed by atoms with Crippen molar-refractivity contribution >= 4 is 22.0 Å². The molecule has 1 aromatic carbocycles. The molecule has 100 valence electrons. The van der Waals surface area contributed by atoms with E-state index in [1.54, 1.807) is 7.11 Å². The normalized spacial score (nSPS) is 10.1. The van der Waals surface area contributed by atoms with Crippen LogP contribution in [0.25, 0.3) is 0 Å². The second kappa shape index (κ2) is 6.09. The Morgan fingerprint density at radius 2 is 1.78 bits per heavy atom. The van der Waals surface area contributed by atoms with Crippen LogP contribution in [0.1, 0.15) is 22.3 Å². The van der Waals surface area contributed by atoms with Crippen molar-refractivity contribution in [3.05, 3.63) is 26.7 Å².